The summed E-state index contributed by atoms with van der Waals surface area (Å²) in [6.45, 7) is 4.80. The quantitative estimate of drug-likeness (QED) is 0.636. The van der Waals surface area contributed by atoms with Crippen LogP contribution in [0.4, 0.5) is 0 Å². The Labute approximate surface area is 175 Å². The van der Waals surface area contributed by atoms with Crippen LogP contribution in [0.2, 0.25) is 0 Å². The molecule has 7 heteroatoms. The van der Waals surface area contributed by atoms with Crippen molar-refractivity contribution in [2.45, 2.75) is 13.8 Å². The third-order valence-electron chi connectivity index (χ3n) is 4.51. The Bertz CT molecular complexity index is 931. The number of carbonyl (C=O) groups excluding carboxylic acids is 2. The van der Waals surface area contributed by atoms with E-state index in [1.54, 1.807) is 55.6 Å². The van der Waals surface area contributed by atoms with E-state index in [9.17, 15) is 14.7 Å². The van der Waals surface area contributed by atoms with Crippen LogP contribution in [0.1, 0.15) is 19.4 Å². The number of aliphatic hydroxyl groups is 1. The molecule has 1 aliphatic heterocycles. The maximum atomic E-state index is 12.7. The number of imide groups is 1. The number of hydrogen-bond acceptors (Lipinski definition) is 6. The zero-order chi connectivity index (χ0) is 21.7. The topological polar surface area (TPSA) is 85.3 Å². The Kier molecular flexibility index (Phi) is 6.61. The fourth-order valence-corrected chi connectivity index (χ4v) is 2.93. The van der Waals surface area contributed by atoms with Crippen molar-refractivity contribution in [1.82, 2.24) is 4.90 Å². The number of amides is 2. The summed E-state index contributed by atoms with van der Waals surface area (Å²) in [5, 5.41) is 10.3. The van der Waals surface area contributed by atoms with Gasteiger partial charge in [-0.05, 0) is 47.9 Å². The van der Waals surface area contributed by atoms with E-state index in [0.717, 1.165) is 4.90 Å². The molecule has 2 aromatic rings. The third-order valence-corrected chi connectivity index (χ3v) is 4.51. The largest absolute Gasteiger partial charge is 0.502 e. The van der Waals surface area contributed by atoms with Gasteiger partial charge in [-0.2, -0.15) is 0 Å². The lowest BCUT2D eigenvalue weighted by Crippen LogP contribution is -2.35. The first-order chi connectivity index (χ1) is 14.4. The molecule has 3 rings (SSSR count). The lowest BCUT2D eigenvalue weighted by atomic mass is 10.1. The highest BCUT2D eigenvalue weighted by Crippen LogP contribution is 2.29. The third kappa shape index (κ3) is 4.74. The first-order valence-corrected chi connectivity index (χ1v) is 9.70. The van der Waals surface area contributed by atoms with Gasteiger partial charge >= 0.3 is 0 Å². The SMILES string of the molecule is COc1ccc(OCCN2C(=O)C(O)=C(c3ccc(OCC(C)C)cc3)C2=O)cc1. The Morgan fingerprint density at radius 2 is 1.43 bits per heavy atom. The number of nitrogens with zero attached hydrogens (tertiary/aromatic N) is 1. The first-order valence-electron chi connectivity index (χ1n) is 9.70. The summed E-state index contributed by atoms with van der Waals surface area (Å²) in [5.41, 5.74) is 0.446. The van der Waals surface area contributed by atoms with E-state index in [1.807, 2.05) is 13.8 Å². The van der Waals surface area contributed by atoms with Gasteiger partial charge in [0.1, 0.15) is 23.9 Å². The van der Waals surface area contributed by atoms with Crippen molar-refractivity contribution in [3.8, 4) is 17.2 Å². The number of rotatable bonds is 9. The molecule has 0 saturated heterocycles. The number of hydrogen-bond donors (Lipinski definition) is 1. The fraction of sp³-hybridized carbons (Fsp3) is 0.304. The Balaban J connectivity index is 1.62. The molecular formula is C23H25NO6. The molecule has 0 spiro atoms. The summed E-state index contributed by atoms with van der Waals surface area (Å²) < 4.78 is 16.3. The van der Waals surface area contributed by atoms with Crippen LogP contribution in [0.5, 0.6) is 17.2 Å². The highest BCUT2D eigenvalue weighted by Gasteiger charge is 2.39. The van der Waals surface area contributed by atoms with Gasteiger partial charge in [0.2, 0.25) is 0 Å². The molecule has 1 aliphatic rings. The molecule has 158 valence electrons. The van der Waals surface area contributed by atoms with Crippen LogP contribution in [0.25, 0.3) is 5.57 Å². The zero-order valence-corrected chi connectivity index (χ0v) is 17.3. The second-order valence-electron chi connectivity index (χ2n) is 7.24. The molecule has 0 radical (unpaired) electrons. The van der Waals surface area contributed by atoms with Crippen molar-refractivity contribution < 1.29 is 28.9 Å². The normalized spacial score (nSPS) is 13.9. The van der Waals surface area contributed by atoms with Crippen LogP contribution in [-0.4, -0.2) is 48.7 Å². The van der Waals surface area contributed by atoms with Crippen LogP contribution in [0.3, 0.4) is 0 Å². The van der Waals surface area contributed by atoms with Gasteiger partial charge in [-0.15, -0.1) is 0 Å². The molecule has 0 atom stereocenters. The predicted molar refractivity (Wildman–Crippen MR) is 112 cm³/mol. The summed E-state index contributed by atoms with van der Waals surface area (Å²) >= 11 is 0. The van der Waals surface area contributed by atoms with Crippen molar-refractivity contribution in [3.63, 3.8) is 0 Å². The summed E-state index contributed by atoms with van der Waals surface area (Å²) in [4.78, 5) is 26.1. The molecule has 0 aliphatic carbocycles. The van der Waals surface area contributed by atoms with Crippen LogP contribution in [-0.2, 0) is 9.59 Å². The molecule has 0 bridgehead atoms. The molecule has 0 unspecified atom stereocenters. The lowest BCUT2D eigenvalue weighted by Gasteiger charge is -2.15. The molecule has 0 aromatic heterocycles. The Morgan fingerprint density at radius 1 is 0.867 bits per heavy atom. The van der Waals surface area contributed by atoms with E-state index in [1.165, 1.54) is 0 Å². The number of carbonyl (C=O) groups is 2. The van der Waals surface area contributed by atoms with Crippen molar-refractivity contribution >= 4 is 17.4 Å². The zero-order valence-electron chi connectivity index (χ0n) is 17.3. The number of ether oxygens (including phenoxy) is 3. The van der Waals surface area contributed by atoms with E-state index in [4.69, 9.17) is 14.2 Å². The minimum absolute atomic E-state index is 0.0140. The molecule has 7 nitrogen and oxygen atoms in total. The maximum absolute atomic E-state index is 12.7. The minimum atomic E-state index is -0.728. The van der Waals surface area contributed by atoms with Gasteiger partial charge in [-0.1, -0.05) is 26.0 Å². The van der Waals surface area contributed by atoms with Crippen LogP contribution in [0, 0.1) is 5.92 Å². The maximum Gasteiger partial charge on any atom is 0.296 e. The number of methoxy groups -OCH3 is 1. The Morgan fingerprint density at radius 3 is 2.03 bits per heavy atom. The average molecular weight is 411 g/mol. The predicted octanol–water partition coefficient (Wildman–Crippen LogP) is 3.45. The second-order valence-corrected chi connectivity index (χ2v) is 7.24. The molecule has 0 saturated carbocycles. The highest BCUT2D eigenvalue weighted by atomic mass is 16.5. The van der Waals surface area contributed by atoms with Crippen LogP contribution in [0.15, 0.2) is 54.3 Å². The summed E-state index contributed by atoms with van der Waals surface area (Å²) in [5.74, 6) is 0.504. The van der Waals surface area contributed by atoms with Gasteiger partial charge in [0.15, 0.2) is 5.76 Å². The highest BCUT2D eigenvalue weighted by molar-refractivity contribution is 6.34. The van der Waals surface area contributed by atoms with Crippen molar-refractivity contribution in [3.05, 3.63) is 59.9 Å². The van der Waals surface area contributed by atoms with E-state index < -0.39 is 17.6 Å². The van der Waals surface area contributed by atoms with Crippen LogP contribution >= 0.6 is 0 Å². The molecule has 0 fully saturated rings. The smallest absolute Gasteiger partial charge is 0.296 e. The summed E-state index contributed by atoms with van der Waals surface area (Å²) in [6, 6.07) is 13.7. The summed E-state index contributed by atoms with van der Waals surface area (Å²) in [7, 11) is 1.57. The summed E-state index contributed by atoms with van der Waals surface area (Å²) in [6.07, 6.45) is 0. The van der Waals surface area contributed by atoms with Gasteiger partial charge in [0.25, 0.3) is 11.8 Å². The lowest BCUT2D eigenvalue weighted by molar-refractivity contribution is -0.138. The standard InChI is InChI=1S/C23H25NO6/c1-15(2)14-30-19-6-4-16(5-7-19)20-21(25)23(27)24(22(20)26)12-13-29-18-10-8-17(28-3)9-11-18/h4-11,15,25H,12-14H2,1-3H3. The first kappa shape index (κ1) is 21.2. The number of benzene rings is 2. The van der Waals surface area contributed by atoms with Crippen LogP contribution < -0.4 is 14.2 Å². The van der Waals surface area contributed by atoms with E-state index in [2.05, 4.69) is 0 Å². The molecule has 2 amide bonds. The minimum Gasteiger partial charge on any atom is -0.502 e. The van der Waals surface area contributed by atoms with Gasteiger partial charge in [-0.3, -0.25) is 14.5 Å². The van der Waals surface area contributed by atoms with Gasteiger partial charge in [0, 0.05) is 0 Å². The monoisotopic (exact) mass is 411 g/mol. The second kappa shape index (κ2) is 9.35. The van der Waals surface area contributed by atoms with E-state index >= 15 is 0 Å². The van der Waals surface area contributed by atoms with Gasteiger partial charge in [-0.25, -0.2) is 0 Å². The average Bonchev–Trinajstić information content (AvgIpc) is 2.96. The Hall–Kier alpha value is -3.48. The van der Waals surface area contributed by atoms with Crippen molar-refractivity contribution in [2.75, 3.05) is 26.9 Å². The fourth-order valence-electron chi connectivity index (χ4n) is 2.93. The molecule has 1 N–H and O–H groups in total. The molecule has 1 heterocycles. The van der Waals surface area contributed by atoms with E-state index in [-0.39, 0.29) is 18.7 Å². The van der Waals surface area contributed by atoms with Crippen molar-refractivity contribution in [2.24, 2.45) is 5.92 Å². The van der Waals surface area contributed by atoms with E-state index in [0.29, 0.717) is 35.3 Å². The van der Waals surface area contributed by atoms with Crippen molar-refractivity contribution in [1.29, 1.82) is 0 Å². The number of aliphatic hydroxyl groups excluding tert-OH is 1. The molecule has 2 aromatic carbocycles. The molecule has 30 heavy (non-hydrogen) atoms. The molecular weight excluding hydrogens is 386 g/mol. The van der Waals surface area contributed by atoms with Gasteiger partial charge in [0.05, 0.1) is 25.8 Å². The van der Waals surface area contributed by atoms with Gasteiger partial charge < -0.3 is 19.3 Å².